The first-order valence-corrected chi connectivity index (χ1v) is 5.24. The van der Waals surface area contributed by atoms with Gasteiger partial charge in [-0.2, -0.15) is 5.10 Å². The summed E-state index contributed by atoms with van der Waals surface area (Å²) >= 11 is 0. The summed E-state index contributed by atoms with van der Waals surface area (Å²) < 4.78 is 1.77. The average molecular weight is 208 g/mol. The fourth-order valence-corrected chi connectivity index (χ4v) is 1.42. The molecule has 1 fully saturated rings. The number of anilines is 1. The lowest BCUT2D eigenvalue weighted by Gasteiger charge is -2.05. The lowest BCUT2D eigenvalue weighted by atomic mass is 10.3. The maximum absolute atomic E-state index is 11.4. The molecule has 0 radical (unpaired) electrons. The molecular weight excluding hydrogens is 192 g/mol. The van der Waals surface area contributed by atoms with Crippen molar-refractivity contribution in [1.29, 1.82) is 0 Å². The highest BCUT2D eigenvalue weighted by Crippen LogP contribution is 2.18. The van der Waals surface area contributed by atoms with E-state index in [1.165, 1.54) is 0 Å². The van der Waals surface area contributed by atoms with Crippen LogP contribution in [0, 0.1) is 6.92 Å². The third-order valence-electron chi connectivity index (χ3n) is 2.63. The third kappa shape index (κ3) is 2.49. The second-order valence-electron chi connectivity index (χ2n) is 4.00. The van der Waals surface area contributed by atoms with E-state index in [4.69, 9.17) is 5.73 Å². The topological polar surface area (TPSA) is 72.9 Å². The van der Waals surface area contributed by atoms with Crippen molar-refractivity contribution in [3.05, 3.63) is 11.9 Å². The van der Waals surface area contributed by atoms with Gasteiger partial charge in [-0.3, -0.25) is 9.48 Å². The van der Waals surface area contributed by atoms with Crippen molar-refractivity contribution in [3.63, 3.8) is 0 Å². The van der Waals surface area contributed by atoms with Crippen LogP contribution in [0.25, 0.3) is 0 Å². The van der Waals surface area contributed by atoms with Crippen LogP contribution in [0.4, 0.5) is 5.69 Å². The quantitative estimate of drug-likeness (QED) is 0.754. The molecule has 3 N–H and O–H groups in total. The fourth-order valence-electron chi connectivity index (χ4n) is 1.42. The van der Waals surface area contributed by atoms with Crippen molar-refractivity contribution >= 4 is 11.6 Å². The maximum atomic E-state index is 11.4. The second-order valence-corrected chi connectivity index (χ2v) is 4.00. The van der Waals surface area contributed by atoms with Gasteiger partial charge in [0.15, 0.2) is 0 Å². The Morgan fingerprint density at radius 3 is 3.00 bits per heavy atom. The monoisotopic (exact) mass is 208 g/mol. The number of carbonyl (C=O) groups is 1. The van der Waals surface area contributed by atoms with Gasteiger partial charge in [-0.15, -0.1) is 0 Å². The summed E-state index contributed by atoms with van der Waals surface area (Å²) in [5, 5.41) is 7.03. The molecule has 0 aromatic carbocycles. The number of carbonyl (C=O) groups excluding carboxylic acids is 1. The summed E-state index contributed by atoms with van der Waals surface area (Å²) in [5.41, 5.74) is 7.26. The third-order valence-corrected chi connectivity index (χ3v) is 2.63. The molecule has 0 atom stereocenters. The van der Waals surface area contributed by atoms with E-state index in [2.05, 4.69) is 10.4 Å². The highest BCUT2D eigenvalue weighted by molar-refractivity contribution is 5.76. The predicted octanol–water partition coefficient (Wildman–Crippen LogP) is 0.442. The molecule has 1 aromatic heterocycles. The van der Waals surface area contributed by atoms with Gasteiger partial charge in [-0.05, 0) is 19.8 Å². The van der Waals surface area contributed by atoms with Crippen molar-refractivity contribution < 1.29 is 4.79 Å². The summed E-state index contributed by atoms with van der Waals surface area (Å²) in [5.74, 6) is 0.103. The number of hydrogen-bond donors (Lipinski definition) is 2. The van der Waals surface area contributed by atoms with Gasteiger partial charge < -0.3 is 11.1 Å². The number of nitrogen functional groups attached to an aromatic ring is 1. The molecule has 1 aromatic rings. The summed E-state index contributed by atoms with van der Waals surface area (Å²) in [6, 6.07) is 0.432. The van der Waals surface area contributed by atoms with Crippen molar-refractivity contribution in [2.45, 2.75) is 38.8 Å². The number of hydrogen-bond acceptors (Lipinski definition) is 3. The molecule has 0 bridgehead atoms. The van der Waals surface area contributed by atoms with Crippen LogP contribution in [-0.2, 0) is 11.3 Å². The molecule has 0 aliphatic heterocycles. The maximum Gasteiger partial charge on any atom is 0.222 e. The van der Waals surface area contributed by atoms with Crippen molar-refractivity contribution in [1.82, 2.24) is 15.1 Å². The summed E-state index contributed by atoms with van der Waals surface area (Å²) in [6.45, 7) is 2.50. The minimum absolute atomic E-state index is 0.103. The van der Waals surface area contributed by atoms with Gasteiger partial charge >= 0.3 is 0 Å². The van der Waals surface area contributed by atoms with E-state index in [1.54, 1.807) is 10.9 Å². The van der Waals surface area contributed by atoms with Crippen molar-refractivity contribution in [2.75, 3.05) is 5.73 Å². The standard InChI is InChI=1S/C10H16N4O/c1-7-9(11)6-12-14(7)5-4-10(15)13-8-2-3-8/h6,8H,2-5,11H2,1H3,(H,13,15). The van der Waals surface area contributed by atoms with Crippen LogP contribution in [0.5, 0.6) is 0 Å². The SMILES string of the molecule is Cc1c(N)cnn1CCC(=O)NC1CC1. The smallest absolute Gasteiger partial charge is 0.222 e. The zero-order valence-electron chi connectivity index (χ0n) is 8.86. The Hall–Kier alpha value is -1.52. The van der Waals surface area contributed by atoms with E-state index in [0.29, 0.717) is 24.7 Å². The zero-order chi connectivity index (χ0) is 10.8. The highest BCUT2D eigenvalue weighted by atomic mass is 16.1. The van der Waals surface area contributed by atoms with Gasteiger partial charge in [-0.1, -0.05) is 0 Å². The minimum atomic E-state index is 0.103. The molecule has 0 spiro atoms. The molecule has 1 heterocycles. The Kier molecular flexibility index (Phi) is 2.62. The van der Waals surface area contributed by atoms with Gasteiger partial charge in [0, 0.05) is 12.5 Å². The summed E-state index contributed by atoms with van der Waals surface area (Å²) in [6.07, 6.45) is 4.34. The van der Waals surface area contributed by atoms with Crippen LogP contribution in [0.2, 0.25) is 0 Å². The molecule has 1 saturated carbocycles. The van der Waals surface area contributed by atoms with Crippen LogP contribution in [0.15, 0.2) is 6.20 Å². The number of nitrogens with one attached hydrogen (secondary N) is 1. The fraction of sp³-hybridized carbons (Fsp3) is 0.600. The van der Waals surface area contributed by atoms with Gasteiger partial charge in [0.25, 0.3) is 0 Å². The predicted molar refractivity (Wildman–Crippen MR) is 57.2 cm³/mol. The van der Waals surface area contributed by atoms with Gasteiger partial charge in [0.05, 0.1) is 24.1 Å². The Morgan fingerprint density at radius 2 is 2.47 bits per heavy atom. The number of aryl methyl sites for hydroxylation is 1. The molecule has 0 unspecified atom stereocenters. The van der Waals surface area contributed by atoms with E-state index < -0.39 is 0 Å². The largest absolute Gasteiger partial charge is 0.396 e. The molecule has 1 aliphatic carbocycles. The Morgan fingerprint density at radius 1 is 1.73 bits per heavy atom. The van der Waals surface area contributed by atoms with Gasteiger partial charge in [0.2, 0.25) is 5.91 Å². The first-order valence-electron chi connectivity index (χ1n) is 5.24. The first kappa shape index (κ1) is 10.0. The Labute approximate surface area is 88.6 Å². The zero-order valence-corrected chi connectivity index (χ0v) is 8.86. The normalized spacial score (nSPS) is 15.3. The number of aromatic nitrogens is 2. The molecule has 1 aliphatic rings. The molecule has 2 rings (SSSR count). The summed E-state index contributed by atoms with van der Waals surface area (Å²) in [4.78, 5) is 11.4. The minimum Gasteiger partial charge on any atom is -0.396 e. The number of nitrogens with two attached hydrogens (primary N) is 1. The molecule has 5 heteroatoms. The Balaban J connectivity index is 1.81. The average Bonchev–Trinajstić information content (AvgIpc) is 2.95. The van der Waals surface area contributed by atoms with Gasteiger partial charge in [-0.25, -0.2) is 0 Å². The van der Waals surface area contributed by atoms with E-state index in [9.17, 15) is 4.79 Å². The molecule has 1 amide bonds. The number of nitrogens with zero attached hydrogens (tertiary/aromatic N) is 2. The lowest BCUT2D eigenvalue weighted by molar-refractivity contribution is -0.121. The molecular formula is C10H16N4O. The molecule has 5 nitrogen and oxygen atoms in total. The van der Waals surface area contributed by atoms with Crippen molar-refractivity contribution in [3.8, 4) is 0 Å². The number of rotatable bonds is 4. The van der Waals surface area contributed by atoms with Crippen LogP contribution in [0.1, 0.15) is 25.0 Å². The van der Waals surface area contributed by atoms with Gasteiger partial charge in [0.1, 0.15) is 0 Å². The van der Waals surface area contributed by atoms with Crippen LogP contribution in [0.3, 0.4) is 0 Å². The summed E-state index contributed by atoms with van der Waals surface area (Å²) in [7, 11) is 0. The van der Waals surface area contributed by atoms with E-state index in [1.807, 2.05) is 6.92 Å². The highest BCUT2D eigenvalue weighted by Gasteiger charge is 2.22. The van der Waals surface area contributed by atoms with E-state index >= 15 is 0 Å². The van der Waals surface area contributed by atoms with Crippen LogP contribution >= 0.6 is 0 Å². The van der Waals surface area contributed by atoms with Crippen LogP contribution < -0.4 is 11.1 Å². The first-order chi connectivity index (χ1) is 7.16. The van der Waals surface area contributed by atoms with E-state index in [-0.39, 0.29) is 5.91 Å². The molecule has 15 heavy (non-hydrogen) atoms. The van der Waals surface area contributed by atoms with Crippen molar-refractivity contribution in [2.24, 2.45) is 0 Å². The lowest BCUT2D eigenvalue weighted by Crippen LogP contribution is -2.26. The van der Waals surface area contributed by atoms with E-state index in [0.717, 1.165) is 18.5 Å². The molecule has 0 saturated heterocycles. The Bertz CT molecular complexity index is 367. The number of amides is 1. The second kappa shape index (κ2) is 3.92. The van der Waals surface area contributed by atoms with Crippen LogP contribution in [-0.4, -0.2) is 21.7 Å². The molecule has 82 valence electrons.